The molecule has 1 atom stereocenters. The van der Waals surface area contributed by atoms with E-state index in [1.807, 2.05) is 31.9 Å². The molecule has 0 saturated carbocycles. The van der Waals surface area contributed by atoms with E-state index in [4.69, 9.17) is 0 Å². The van der Waals surface area contributed by atoms with Crippen molar-refractivity contribution in [3.05, 3.63) is 30.1 Å². The van der Waals surface area contributed by atoms with E-state index < -0.39 is 0 Å². The fourth-order valence-electron chi connectivity index (χ4n) is 1.93. The molecule has 1 unspecified atom stereocenters. The number of aliphatic hydroxyl groups excluding tert-OH is 1. The second-order valence-electron chi connectivity index (χ2n) is 4.86. The molecule has 0 saturated heterocycles. The Bertz CT molecular complexity index is 357. The first kappa shape index (κ1) is 14.9. The summed E-state index contributed by atoms with van der Waals surface area (Å²) in [7, 11) is 1.86. The monoisotopic (exact) mass is 254 g/mol. The van der Waals surface area contributed by atoms with E-state index in [0.29, 0.717) is 18.3 Å². The molecule has 0 aliphatic carbocycles. The number of aliphatic hydroxyl groups is 1. The zero-order chi connectivity index (χ0) is 13.5. The van der Waals surface area contributed by atoms with Crippen LogP contribution in [0.1, 0.15) is 20.3 Å². The van der Waals surface area contributed by atoms with Gasteiger partial charge in [-0.1, -0.05) is 26.0 Å². The van der Waals surface area contributed by atoms with E-state index >= 15 is 0 Å². The van der Waals surface area contributed by atoms with Gasteiger partial charge in [-0.05, 0) is 18.6 Å². The van der Waals surface area contributed by atoms with Crippen LogP contribution in [0.25, 0.3) is 0 Å². The van der Waals surface area contributed by atoms with Crippen LogP contribution >= 0.6 is 0 Å². The van der Waals surface area contributed by atoms with Gasteiger partial charge >= 0.3 is 0 Å². The van der Waals surface area contributed by atoms with Crippen LogP contribution in [-0.2, 0) is 0 Å². The number of benzene rings is 1. The zero-order valence-electron chi connectivity index (χ0n) is 11.4. The van der Waals surface area contributed by atoms with Crippen molar-refractivity contribution in [2.24, 2.45) is 0 Å². The van der Waals surface area contributed by atoms with Crippen LogP contribution in [0.3, 0.4) is 0 Å². The van der Waals surface area contributed by atoms with E-state index in [0.717, 1.165) is 6.42 Å². The lowest BCUT2D eigenvalue weighted by Gasteiger charge is -2.24. The molecule has 0 aliphatic heterocycles. The maximum absolute atomic E-state index is 13.5. The van der Waals surface area contributed by atoms with Crippen LogP contribution in [0, 0.1) is 5.82 Å². The third kappa shape index (κ3) is 4.63. The fourth-order valence-corrected chi connectivity index (χ4v) is 1.93. The number of nitrogens with one attached hydrogen (secondary N) is 1. The van der Waals surface area contributed by atoms with Crippen LogP contribution in [0.5, 0.6) is 0 Å². The molecular weight excluding hydrogens is 231 g/mol. The van der Waals surface area contributed by atoms with Crippen LogP contribution in [0.2, 0.25) is 0 Å². The van der Waals surface area contributed by atoms with Crippen LogP contribution in [0.4, 0.5) is 10.1 Å². The minimum atomic E-state index is -0.211. The highest BCUT2D eigenvalue weighted by molar-refractivity contribution is 5.46. The molecule has 0 fully saturated rings. The van der Waals surface area contributed by atoms with Gasteiger partial charge in [0.05, 0.1) is 12.3 Å². The molecule has 1 aromatic rings. The summed E-state index contributed by atoms with van der Waals surface area (Å²) in [6, 6.07) is 7.12. The van der Waals surface area contributed by atoms with E-state index in [-0.39, 0.29) is 18.5 Å². The molecule has 18 heavy (non-hydrogen) atoms. The maximum atomic E-state index is 13.5. The minimum absolute atomic E-state index is 0.0548. The lowest BCUT2D eigenvalue weighted by molar-refractivity contribution is 0.229. The molecule has 1 rings (SSSR count). The van der Waals surface area contributed by atoms with Crippen LogP contribution in [0.15, 0.2) is 24.3 Å². The smallest absolute Gasteiger partial charge is 0.146 e. The number of halogens is 1. The Hall–Kier alpha value is -1.13. The number of rotatable bonds is 7. The summed E-state index contributed by atoms with van der Waals surface area (Å²) in [6.07, 6.45) is 0.777. The summed E-state index contributed by atoms with van der Waals surface area (Å²) in [4.78, 5) is 1.88. The van der Waals surface area contributed by atoms with E-state index in [9.17, 15) is 9.50 Å². The largest absolute Gasteiger partial charge is 0.395 e. The van der Waals surface area contributed by atoms with Gasteiger partial charge in [-0.3, -0.25) is 0 Å². The van der Waals surface area contributed by atoms with Crippen molar-refractivity contribution in [2.45, 2.75) is 32.4 Å². The number of hydrogen-bond acceptors (Lipinski definition) is 3. The number of hydrogen-bond donors (Lipinski definition) is 2. The first-order valence-electron chi connectivity index (χ1n) is 6.37. The van der Waals surface area contributed by atoms with Gasteiger partial charge in [0.2, 0.25) is 0 Å². The van der Waals surface area contributed by atoms with Crippen molar-refractivity contribution in [1.82, 2.24) is 5.32 Å². The standard InChI is InChI=1S/C14H23FN2O/c1-11(2)16-12(10-18)8-9-17(3)14-7-5-4-6-13(14)15/h4-7,11-12,16,18H,8-10H2,1-3H3. The van der Waals surface area contributed by atoms with Gasteiger partial charge in [0.25, 0.3) is 0 Å². The third-order valence-corrected chi connectivity index (χ3v) is 2.87. The highest BCUT2D eigenvalue weighted by Crippen LogP contribution is 2.17. The quantitative estimate of drug-likeness (QED) is 0.781. The molecule has 102 valence electrons. The van der Waals surface area contributed by atoms with Gasteiger partial charge in [-0.15, -0.1) is 0 Å². The minimum Gasteiger partial charge on any atom is -0.395 e. The average molecular weight is 254 g/mol. The van der Waals surface area contributed by atoms with Crippen LogP contribution < -0.4 is 10.2 Å². The number of para-hydroxylation sites is 1. The highest BCUT2D eigenvalue weighted by atomic mass is 19.1. The molecule has 0 aromatic heterocycles. The lowest BCUT2D eigenvalue weighted by atomic mass is 10.2. The fraction of sp³-hybridized carbons (Fsp3) is 0.571. The van der Waals surface area contributed by atoms with Gasteiger partial charge in [0.1, 0.15) is 5.82 Å². The van der Waals surface area contributed by atoms with Crippen molar-refractivity contribution in [2.75, 3.05) is 25.1 Å². The van der Waals surface area contributed by atoms with Gasteiger partial charge in [-0.2, -0.15) is 0 Å². The Morgan fingerprint density at radius 1 is 1.33 bits per heavy atom. The highest BCUT2D eigenvalue weighted by Gasteiger charge is 2.11. The zero-order valence-corrected chi connectivity index (χ0v) is 11.4. The first-order chi connectivity index (χ1) is 8.54. The Morgan fingerprint density at radius 3 is 2.56 bits per heavy atom. The maximum Gasteiger partial charge on any atom is 0.146 e. The van der Waals surface area contributed by atoms with E-state index in [1.165, 1.54) is 6.07 Å². The predicted molar refractivity (Wildman–Crippen MR) is 73.4 cm³/mol. The van der Waals surface area contributed by atoms with Crippen molar-refractivity contribution < 1.29 is 9.50 Å². The normalized spacial score (nSPS) is 12.8. The molecule has 0 bridgehead atoms. The predicted octanol–water partition coefficient (Wildman–Crippen LogP) is 2.01. The van der Waals surface area contributed by atoms with Crippen molar-refractivity contribution in [3.63, 3.8) is 0 Å². The Morgan fingerprint density at radius 2 is 2.00 bits per heavy atom. The number of nitrogens with zero attached hydrogens (tertiary/aromatic N) is 1. The van der Waals surface area contributed by atoms with E-state index in [1.54, 1.807) is 12.1 Å². The van der Waals surface area contributed by atoms with E-state index in [2.05, 4.69) is 5.32 Å². The topological polar surface area (TPSA) is 35.5 Å². The van der Waals surface area contributed by atoms with Gasteiger partial charge in [-0.25, -0.2) is 4.39 Å². The number of anilines is 1. The molecule has 0 amide bonds. The summed E-state index contributed by atoms with van der Waals surface area (Å²) < 4.78 is 13.5. The molecule has 1 aromatic carbocycles. The molecule has 0 heterocycles. The molecule has 3 nitrogen and oxygen atoms in total. The lowest BCUT2D eigenvalue weighted by Crippen LogP contribution is -2.39. The second kappa shape index (κ2) is 7.34. The Kier molecular flexibility index (Phi) is 6.09. The summed E-state index contributed by atoms with van der Waals surface area (Å²) in [5.41, 5.74) is 0.596. The summed E-state index contributed by atoms with van der Waals surface area (Å²) in [5.74, 6) is -0.211. The molecule has 0 radical (unpaired) electrons. The van der Waals surface area contributed by atoms with Crippen molar-refractivity contribution >= 4 is 5.69 Å². The first-order valence-corrected chi connectivity index (χ1v) is 6.37. The Labute approximate surface area is 109 Å². The SMILES string of the molecule is CC(C)NC(CO)CCN(C)c1ccccc1F. The van der Waals surface area contributed by atoms with Gasteiger partial charge < -0.3 is 15.3 Å². The Balaban J connectivity index is 2.50. The molecule has 2 N–H and O–H groups in total. The molecule has 0 aliphatic rings. The van der Waals surface area contributed by atoms with Crippen LogP contribution in [-0.4, -0.2) is 37.4 Å². The molecular formula is C14H23FN2O. The average Bonchev–Trinajstić information content (AvgIpc) is 2.34. The second-order valence-corrected chi connectivity index (χ2v) is 4.86. The summed E-state index contributed by atoms with van der Waals surface area (Å²) in [5, 5.41) is 12.5. The third-order valence-electron chi connectivity index (χ3n) is 2.87. The molecule has 4 heteroatoms. The van der Waals surface area contributed by atoms with Gasteiger partial charge in [0, 0.05) is 25.7 Å². The van der Waals surface area contributed by atoms with Gasteiger partial charge in [0.15, 0.2) is 0 Å². The summed E-state index contributed by atoms with van der Waals surface area (Å²) >= 11 is 0. The summed E-state index contributed by atoms with van der Waals surface area (Å²) in [6.45, 7) is 4.89. The van der Waals surface area contributed by atoms with Crippen molar-refractivity contribution in [1.29, 1.82) is 0 Å². The molecule has 0 spiro atoms. The van der Waals surface area contributed by atoms with Crippen molar-refractivity contribution in [3.8, 4) is 0 Å².